The van der Waals surface area contributed by atoms with E-state index < -0.39 is 15.9 Å². The Hall–Kier alpha value is -2.69. The van der Waals surface area contributed by atoms with Crippen LogP contribution in [0.25, 0.3) is 0 Å². The van der Waals surface area contributed by atoms with Crippen molar-refractivity contribution in [2.24, 2.45) is 0 Å². The summed E-state index contributed by atoms with van der Waals surface area (Å²) in [7, 11) is -3.74. The van der Waals surface area contributed by atoms with Crippen molar-refractivity contribution in [3.63, 3.8) is 0 Å². The number of pyridine rings is 1. The van der Waals surface area contributed by atoms with Gasteiger partial charge >= 0.3 is 0 Å². The Morgan fingerprint density at radius 2 is 2.05 bits per heavy atom. The van der Waals surface area contributed by atoms with Crippen molar-refractivity contribution >= 4 is 21.7 Å². The molecule has 7 heteroatoms. The average molecular weight is 315 g/mol. The van der Waals surface area contributed by atoms with Gasteiger partial charge in [-0.15, -0.1) is 6.42 Å². The number of nitrogens with one attached hydrogen (secondary N) is 2. The molecule has 2 aromatic rings. The van der Waals surface area contributed by atoms with E-state index in [2.05, 4.69) is 20.9 Å². The van der Waals surface area contributed by atoms with Gasteiger partial charge in [0.15, 0.2) is 0 Å². The zero-order chi connectivity index (χ0) is 16.0. The fourth-order valence-corrected chi connectivity index (χ4v) is 2.63. The molecule has 0 atom stereocenters. The molecule has 0 aliphatic heterocycles. The second-order valence-corrected chi connectivity index (χ2v) is 5.99. The summed E-state index contributed by atoms with van der Waals surface area (Å²) in [4.78, 5) is 16.0. The second-order valence-electron chi connectivity index (χ2n) is 4.23. The Morgan fingerprint density at radius 3 is 2.73 bits per heavy atom. The first-order valence-corrected chi connectivity index (χ1v) is 7.77. The minimum Gasteiger partial charge on any atom is -0.307 e. The van der Waals surface area contributed by atoms with E-state index in [-0.39, 0.29) is 17.0 Å². The van der Waals surface area contributed by atoms with Crippen LogP contribution >= 0.6 is 0 Å². The number of rotatable bonds is 5. The number of amides is 1. The lowest BCUT2D eigenvalue weighted by molar-refractivity contribution is 0.102. The summed E-state index contributed by atoms with van der Waals surface area (Å²) in [6, 6.07) is 10.7. The highest BCUT2D eigenvalue weighted by molar-refractivity contribution is 7.89. The lowest BCUT2D eigenvalue weighted by Crippen LogP contribution is -2.24. The Morgan fingerprint density at radius 1 is 1.23 bits per heavy atom. The van der Waals surface area contributed by atoms with Crippen molar-refractivity contribution in [1.82, 2.24) is 9.71 Å². The van der Waals surface area contributed by atoms with Gasteiger partial charge in [0.25, 0.3) is 5.91 Å². The van der Waals surface area contributed by atoms with Gasteiger partial charge in [0.1, 0.15) is 5.82 Å². The summed E-state index contributed by atoms with van der Waals surface area (Å²) in [5.41, 5.74) is 0.203. The topological polar surface area (TPSA) is 88.2 Å². The number of hydrogen-bond donors (Lipinski definition) is 2. The highest BCUT2D eigenvalue weighted by Gasteiger charge is 2.15. The zero-order valence-corrected chi connectivity index (χ0v) is 12.3. The van der Waals surface area contributed by atoms with Crippen molar-refractivity contribution < 1.29 is 13.2 Å². The van der Waals surface area contributed by atoms with Crippen LogP contribution in [0.1, 0.15) is 10.4 Å². The van der Waals surface area contributed by atoms with Crippen LogP contribution in [-0.2, 0) is 10.0 Å². The van der Waals surface area contributed by atoms with Gasteiger partial charge < -0.3 is 5.32 Å². The molecule has 0 bridgehead atoms. The van der Waals surface area contributed by atoms with Gasteiger partial charge in [0.2, 0.25) is 10.0 Å². The minimum atomic E-state index is -3.74. The van der Waals surface area contributed by atoms with Crippen molar-refractivity contribution in [3.8, 4) is 12.3 Å². The van der Waals surface area contributed by atoms with Crippen molar-refractivity contribution in [2.45, 2.75) is 4.90 Å². The first-order chi connectivity index (χ1) is 10.5. The molecule has 0 aliphatic carbocycles. The number of carbonyl (C=O) groups is 1. The van der Waals surface area contributed by atoms with Crippen LogP contribution in [0.4, 0.5) is 5.82 Å². The number of benzene rings is 1. The Labute approximate surface area is 128 Å². The Kier molecular flexibility index (Phi) is 4.88. The van der Waals surface area contributed by atoms with E-state index in [4.69, 9.17) is 6.42 Å². The normalized spacial score (nSPS) is 10.7. The molecule has 0 saturated heterocycles. The molecule has 6 nitrogen and oxygen atoms in total. The van der Waals surface area contributed by atoms with Gasteiger partial charge in [-0.05, 0) is 30.3 Å². The van der Waals surface area contributed by atoms with E-state index in [9.17, 15) is 13.2 Å². The number of hydrogen-bond acceptors (Lipinski definition) is 4. The molecule has 2 rings (SSSR count). The molecule has 1 heterocycles. The summed E-state index contributed by atoms with van der Waals surface area (Å²) in [6.45, 7) is -0.118. The molecular weight excluding hydrogens is 302 g/mol. The molecule has 112 valence electrons. The predicted molar refractivity (Wildman–Crippen MR) is 82.7 cm³/mol. The molecule has 0 aliphatic rings. The maximum Gasteiger partial charge on any atom is 0.256 e. The van der Waals surface area contributed by atoms with Gasteiger partial charge in [-0.1, -0.05) is 18.1 Å². The number of sulfonamides is 1. The molecule has 1 aromatic carbocycles. The molecule has 1 amide bonds. The molecular formula is C15H13N3O3S. The highest BCUT2D eigenvalue weighted by Crippen LogP contribution is 2.13. The molecule has 0 saturated carbocycles. The Bertz CT molecular complexity index is 811. The van der Waals surface area contributed by atoms with Crippen molar-refractivity contribution in [1.29, 1.82) is 0 Å². The molecule has 0 spiro atoms. The lowest BCUT2D eigenvalue weighted by atomic mass is 10.2. The van der Waals surface area contributed by atoms with Crippen LogP contribution < -0.4 is 10.0 Å². The number of terminal acetylenes is 1. The van der Waals surface area contributed by atoms with Crippen LogP contribution in [-0.4, -0.2) is 25.9 Å². The summed E-state index contributed by atoms with van der Waals surface area (Å²) in [6.07, 6.45) is 6.57. The van der Waals surface area contributed by atoms with Crippen molar-refractivity contribution in [2.75, 3.05) is 11.9 Å². The third-order valence-corrected chi connectivity index (χ3v) is 4.08. The van der Waals surface area contributed by atoms with Crippen LogP contribution in [0.3, 0.4) is 0 Å². The first kappa shape index (κ1) is 15.7. The summed E-state index contributed by atoms with van der Waals surface area (Å²) < 4.78 is 26.2. The predicted octanol–water partition coefficient (Wildman–Crippen LogP) is 1.25. The molecule has 2 N–H and O–H groups in total. The number of anilines is 1. The number of carbonyl (C=O) groups excluding carboxylic acids is 1. The lowest BCUT2D eigenvalue weighted by Gasteiger charge is -2.07. The number of aromatic nitrogens is 1. The van der Waals surface area contributed by atoms with Gasteiger partial charge in [0, 0.05) is 11.8 Å². The monoisotopic (exact) mass is 315 g/mol. The SMILES string of the molecule is C#CCNS(=O)(=O)c1cccc(C(=O)Nc2ccccn2)c1. The van der Waals surface area contributed by atoms with Gasteiger partial charge in [0.05, 0.1) is 11.4 Å². The van der Waals surface area contributed by atoms with Crippen LogP contribution in [0.2, 0.25) is 0 Å². The van der Waals surface area contributed by atoms with Crippen molar-refractivity contribution in [3.05, 3.63) is 54.2 Å². The molecule has 22 heavy (non-hydrogen) atoms. The van der Waals surface area contributed by atoms with Gasteiger partial charge in [-0.2, -0.15) is 4.72 Å². The maximum absolute atomic E-state index is 12.1. The molecule has 0 radical (unpaired) electrons. The molecule has 0 fully saturated rings. The van der Waals surface area contributed by atoms with E-state index in [1.807, 2.05) is 0 Å². The fourth-order valence-electron chi connectivity index (χ4n) is 1.65. The van der Waals surface area contributed by atoms with Crippen LogP contribution in [0.5, 0.6) is 0 Å². The third-order valence-electron chi connectivity index (χ3n) is 2.68. The summed E-state index contributed by atoms with van der Waals surface area (Å²) >= 11 is 0. The number of nitrogens with zero attached hydrogens (tertiary/aromatic N) is 1. The Balaban J connectivity index is 2.21. The van der Waals surface area contributed by atoms with E-state index >= 15 is 0 Å². The third kappa shape index (κ3) is 3.91. The van der Waals surface area contributed by atoms with E-state index in [1.165, 1.54) is 24.3 Å². The zero-order valence-electron chi connectivity index (χ0n) is 11.5. The first-order valence-electron chi connectivity index (χ1n) is 6.28. The largest absolute Gasteiger partial charge is 0.307 e. The standard InChI is InChI=1S/C15H13N3O3S/c1-2-9-17-22(20,21)13-7-5-6-12(11-13)15(19)18-14-8-3-4-10-16-14/h1,3-8,10-11,17H,9H2,(H,16,18,19). The van der Waals surface area contributed by atoms with Gasteiger partial charge in [-0.3, -0.25) is 4.79 Å². The average Bonchev–Trinajstić information content (AvgIpc) is 2.54. The van der Waals surface area contributed by atoms with Crippen LogP contribution in [0, 0.1) is 12.3 Å². The molecule has 0 unspecified atom stereocenters. The quantitative estimate of drug-likeness (QED) is 0.813. The van der Waals surface area contributed by atoms with Crippen LogP contribution in [0.15, 0.2) is 53.6 Å². The van der Waals surface area contributed by atoms with Gasteiger partial charge in [-0.25, -0.2) is 13.4 Å². The van der Waals surface area contributed by atoms with E-state index in [0.717, 1.165) is 0 Å². The minimum absolute atomic E-state index is 0.0311. The summed E-state index contributed by atoms with van der Waals surface area (Å²) in [5.74, 6) is 2.12. The summed E-state index contributed by atoms with van der Waals surface area (Å²) in [5, 5.41) is 2.58. The smallest absolute Gasteiger partial charge is 0.256 e. The maximum atomic E-state index is 12.1. The van der Waals surface area contributed by atoms with E-state index in [0.29, 0.717) is 5.82 Å². The highest BCUT2D eigenvalue weighted by atomic mass is 32.2. The second kappa shape index (κ2) is 6.85. The van der Waals surface area contributed by atoms with E-state index in [1.54, 1.807) is 24.4 Å². The fraction of sp³-hybridized carbons (Fsp3) is 0.0667. The molecule has 1 aromatic heterocycles.